The molecular weight excluding hydrogens is 368 g/mol. The largest absolute Gasteiger partial charge is 0.444 e. The maximum absolute atomic E-state index is 12.9. The number of ether oxygens (including phenoxy) is 1. The van der Waals surface area contributed by atoms with Gasteiger partial charge in [0.1, 0.15) is 6.61 Å². The lowest BCUT2D eigenvalue weighted by molar-refractivity contribution is -0.0101. The third-order valence-corrected chi connectivity index (χ3v) is 5.98. The summed E-state index contributed by atoms with van der Waals surface area (Å²) in [6.45, 7) is 0.405. The lowest BCUT2D eigenvalue weighted by Gasteiger charge is -2.34. The van der Waals surface area contributed by atoms with E-state index < -0.39 is 21.9 Å². The predicted molar refractivity (Wildman–Crippen MR) is 96.8 cm³/mol. The van der Waals surface area contributed by atoms with Crippen LogP contribution in [0.2, 0.25) is 0 Å². The molecule has 0 radical (unpaired) electrons. The molecule has 1 saturated heterocycles. The van der Waals surface area contributed by atoms with Crippen molar-refractivity contribution in [3.05, 3.63) is 66.0 Å². The van der Waals surface area contributed by atoms with Gasteiger partial charge in [0.2, 0.25) is 0 Å². The Morgan fingerprint density at radius 3 is 2.70 bits per heavy atom. The normalized spacial score (nSPS) is 24.4. The minimum Gasteiger partial charge on any atom is -0.444 e. The zero-order valence-electron chi connectivity index (χ0n) is 14.4. The van der Waals surface area contributed by atoms with Crippen LogP contribution < -0.4 is 0 Å². The van der Waals surface area contributed by atoms with Crippen LogP contribution in [0.1, 0.15) is 24.1 Å². The number of hydrogen-bond donors (Lipinski definition) is 0. The summed E-state index contributed by atoms with van der Waals surface area (Å²) in [5, 5.41) is 0. The Morgan fingerprint density at radius 2 is 1.96 bits per heavy atom. The molecule has 7 nitrogen and oxygen atoms in total. The first-order chi connectivity index (χ1) is 13.0. The molecule has 5 rings (SSSR count). The molecule has 4 heterocycles. The fourth-order valence-corrected chi connectivity index (χ4v) is 4.43. The van der Waals surface area contributed by atoms with Gasteiger partial charge < -0.3 is 4.74 Å². The average Bonchev–Trinajstić information content (AvgIpc) is 3.08. The molecule has 27 heavy (non-hydrogen) atoms. The second kappa shape index (κ2) is 6.79. The molecule has 0 aliphatic carbocycles. The Bertz CT molecular complexity index is 973. The molecule has 1 aromatic carbocycles. The molecule has 2 aromatic rings. The number of hydrogen-bond acceptors (Lipinski definition) is 6. The van der Waals surface area contributed by atoms with Crippen molar-refractivity contribution in [1.29, 1.82) is 0 Å². The quantitative estimate of drug-likeness (QED) is 0.738. The third-order valence-electron chi connectivity index (χ3n) is 4.62. The molecule has 140 valence electrons. The summed E-state index contributed by atoms with van der Waals surface area (Å²) in [5.41, 5.74) is -0.112. The van der Waals surface area contributed by atoms with E-state index in [4.69, 9.17) is 8.92 Å². The topological polar surface area (TPSA) is 85.8 Å². The Labute approximate surface area is 157 Å². The summed E-state index contributed by atoms with van der Waals surface area (Å²) < 4.78 is 36.7. The molecular formula is C19H18N2O5S. The monoisotopic (exact) mass is 386 g/mol. The Hall–Kier alpha value is -2.71. The van der Waals surface area contributed by atoms with E-state index in [-0.39, 0.29) is 11.5 Å². The van der Waals surface area contributed by atoms with E-state index in [9.17, 15) is 13.2 Å². The minimum absolute atomic E-state index is 0.0399. The van der Waals surface area contributed by atoms with E-state index in [1.807, 2.05) is 6.07 Å². The van der Waals surface area contributed by atoms with E-state index >= 15 is 0 Å². The smallest absolute Gasteiger partial charge is 0.412 e. The highest BCUT2D eigenvalue weighted by molar-refractivity contribution is 7.86. The van der Waals surface area contributed by atoms with Gasteiger partial charge in [-0.15, -0.1) is 0 Å². The summed E-state index contributed by atoms with van der Waals surface area (Å²) in [5.74, 6) is 0. The van der Waals surface area contributed by atoms with E-state index in [1.54, 1.807) is 42.6 Å². The van der Waals surface area contributed by atoms with Crippen molar-refractivity contribution in [2.24, 2.45) is 0 Å². The second-order valence-corrected chi connectivity index (χ2v) is 7.97. The van der Waals surface area contributed by atoms with Crippen LogP contribution in [0.5, 0.6) is 0 Å². The van der Waals surface area contributed by atoms with Gasteiger partial charge in [0.15, 0.2) is 5.72 Å². The fraction of sp³-hybridized carbons (Fsp3) is 0.263. The van der Waals surface area contributed by atoms with Gasteiger partial charge in [0.05, 0.1) is 10.6 Å². The van der Waals surface area contributed by atoms with Gasteiger partial charge in [-0.3, -0.25) is 9.88 Å². The molecule has 0 spiro atoms. The molecule has 1 fully saturated rings. The number of amides is 1. The number of rotatable bonds is 2. The molecule has 0 unspecified atom stereocenters. The Balaban J connectivity index is 1.79. The van der Waals surface area contributed by atoms with Crippen molar-refractivity contribution < 1.29 is 22.1 Å². The van der Waals surface area contributed by atoms with E-state index in [0.717, 1.165) is 0 Å². The number of pyridine rings is 1. The van der Waals surface area contributed by atoms with Crippen molar-refractivity contribution >= 4 is 22.3 Å². The SMILES string of the molecule is O=C1OCc2ccc(cc2)S(=O)(=O)O[C@]2(C=Cc3ccccn3)CCCN12. The maximum atomic E-state index is 12.9. The number of fused-ring (bicyclic) bond motifs is 5. The fourth-order valence-electron chi connectivity index (χ4n) is 3.25. The van der Waals surface area contributed by atoms with Crippen molar-refractivity contribution in [3.63, 3.8) is 0 Å². The second-order valence-electron chi connectivity index (χ2n) is 6.42. The van der Waals surface area contributed by atoms with Gasteiger partial charge in [-0.05, 0) is 48.4 Å². The summed E-state index contributed by atoms with van der Waals surface area (Å²) in [7, 11) is -4.08. The standard InChI is InChI=1S/C19H18N2O5S/c22-18-21-13-3-10-19(21,11-9-16-4-1-2-12-20-16)26-27(23,24)17-7-5-15(6-8-17)14-25-18/h1-2,4-9,11-12H,3,10,13-14H2/t19-/m0/s1. The van der Waals surface area contributed by atoms with Crippen LogP contribution in [0.4, 0.5) is 4.79 Å². The van der Waals surface area contributed by atoms with Gasteiger partial charge in [-0.1, -0.05) is 18.2 Å². The minimum atomic E-state index is -4.08. The number of aromatic nitrogens is 1. The Morgan fingerprint density at radius 1 is 1.15 bits per heavy atom. The van der Waals surface area contributed by atoms with Crippen molar-refractivity contribution in [2.75, 3.05) is 6.54 Å². The summed E-state index contributed by atoms with van der Waals surface area (Å²) in [4.78, 5) is 18.2. The molecule has 3 aliphatic heterocycles. The highest BCUT2D eigenvalue weighted by Crippen LogP contribution is 2.37. The molecule has 8 heteroatoms. The number of carbonyl (C=O) groups excluding carboxylic acids is 1. The zero-order valence-corrected chi connectivity index (χ0v) is 15.3. The number of nitrogens with zero attached hydrogens (tertiary/aromatic N) is 2. The van der Waals surface area contributed by atoms with E-state index in [0.29, 0.717) is 30.6 Å². The highest BCUT2D eigenvalue weighted by Gasteiger charge is 2.47. The van der Waals surface area contributed by atoms with Gasteiger partial charge in [-0.25, -0.2) is 8.98 Å². The van der Waals surface area contributed by atoms with Crippen LogP contribution in [0.25, 0.3) is 6.08 Å². The number of carbonyl (C=O) groups is 1. The lowest BCUT2D eigenvalue weighted by Crippen LogP contribution is -2.49. The average molecular weight is 386 g/mol. The van der Waals surface area contributed by atoms with Gasteiger partial charge in [0.25, 0.3) is 10.1 Å². The lowest BCUT2D eigenvalue weighted by atomic mass is 10.1. The summed E-state index contributed by atoms with van der Waals surface area (Å²) >= 11 is 0. The maximum Gasteiger partial charge on any atom is 0.412 e. The third kappa shape index (κ3) is 3.45. The summed E-state index contributed by atoms with van der Waals surface area (Å²) in [6.07, 6.45) is 5.18. The van der Waals surface area contributed by atoms with Crippen molar-refractivity contribution in [3.8, 4) is 0 Å². The van der Waals surface area contributed by atoms with Crippen molar-refractivity contribution in [2.45, 2.75) is 30.1 Å². The molecule has 3 aliphatic rings. The van der Waals surface area contributed by atoms with Crippen LogP contribution >= 0.6 is 0 Å². The molecule has 1 amide bonds. The van der Waals surface area contributed by atoms with E-state index in [2.05, 4.69) is 4.98 Å². The van der Waals surface area contributed by atoms with Crippen LogP contribution in [0, 0.1) is 0 Å². The van der Waals surface area contributed by atoms with Gasteiger partial charge in [0, 0.05) is 19.2 Å². The summed E-state index contributed by atoms with van der Waals surface area (Å²) in [6, 6.07) is 11.5. The first-order valence-corrected chi connectivity index (χ1v) is 9.99. The van der Waals surface area contributed by atoms with Crippen LogP contribution in [-0.4, -0.2) is 36.7 Å². The van der Waals surface area contributed by atoms with Crippen LogP contribution in [0.15, 0.2) is 59.6 Å². The van der Waals surface area contributed by atoms with Gasteiger partial charge >= 0.3 is 6.09 Å². The molecule has 0 N–H and O–H groups in total. The van der Waals surface area contributed by atoms with Crippen molar-refractivity contribution in [1.82, 2.24) is 9.88 Å². The van der Waals surface area contributed by atoms with Crippen LogP contribution in [-0.2, 0) is 25.6 Å². The number of benzene rings is 1. The highest BCUT2D eigenvalue weighted by atomic mass is 32.2. The zero-order chi connectivity index (χ0) is 18.9. The molecule has 1 atom stereocenters. The molecule has 0 saturated carbocycles. The Kier molecular flexibility index (Phi) is 4.45. The van der Waals surface area contributed by atoms with E-state index in [1.165, 1.54) is 17.0 Å². The first-order valence-electron chi connectivity index (χ1n) is 8.58. The molecule has 1 aromatic heterocycles. The predicted octanol–water partition coefficient (Wildman–Crippen LogP) is 2.94. The first kappa shape index (κ1) is 17.7. The molecule has 2 bridgehead atoms. The van der Waals surface area contributed by atoms with Crippen LogP contribution in [0.3, 0.4) is 0 Å². The van der Waals surface area contributed by atoms with Gasteiger partial charge in [-0.2, -0.15) is 8.42 Å².